The van der Waals surface area contributed by atoms with Crippen LogP contribution in [-0.4, -0.2) is 91.3 Å². The highest BCUT2D eigenvalue weighted by atomic mass is 16.7. The molecule has 1 saturated heterocycles. The third kappa shape index (κ3) is 15.3. The number of carbonyl (C=O) groups excluding carboxylic acids is 5. The molecular weight excluding hydrogens is 618 g/mol. The van der Waals surface area contributed by atoms with E-state index < -0.39 is 66.4 Å². The van der Waals surface area contributed by atoms with Gasteiger partial charge in [-0.15, -0.1) is 0 Å². The number of ether oxygens (including phenoxy) is 5. The van der Waals surface area contributed by atoms with E-state index in [1.54, 1.807) is 31.2 Å². The molecule has 0 radical (unpaired) electrons. The average Bonchev–Trinajstić information content (AvgIpc) is 3.01. The SMILES string of the molecule is CC(=O)NC1[C@H](OCCCCCCNC(=O)[C@H](CCC(=O)O)NC(=O)OCc2ccccc2)OC(COC(C)=O)[C@H](OC(C)=O)[C@@H]1C. The molecule has 1 fully saturated rings. The lowest BCUT2D eigenvalue weighted by Gasteiger charge is -2.44. The van der Waals surface area contributed by atoms with Crippen LogP contribution in [0.5, 0.6) is 0 Å². The number of carboxylic acids is 1. The minimum absolute atomic E-state index is 0.00706. The molecule has 47 heavy (non-hydrogen) atoms. The maximum absolute atomic E-state index is 12.7. The Morgan fingerprint density at radius 3 is 2.28 bits per heavy atom. The second-order valence-corrected chi connectivity index (χ2v) is 11.3. The van der Waals surface area contributed by atoms with E-state index in [9.17, 15) is 28.8 Å². The van der Waals surface area contributed by atoms with Crippen LogP contribution >= 0.6 is 0 Å². The molecule has 2 rings (SSSR count). The molecular formula is C32H47N3O12. The summed E-state index contributed by atoms with van der Waals surface area (Å²) in [5.41, 5.74) is 0.768. The lowest BCUT2D eigenvalue weighted by Crippen LogP contribution is -2.62. The van der Waals surface area contributed by atoms with Gasteiger partial charge in [0, 0.05) is 46.3 Å². The number of aliphatic carboxylic acids is 1. The molecule has 0 saturated carbocycles. The Morgan fingerprint density at radius 2 is 1.64 bits per heavy atom. The number of carbonyl (C=O) groups is 6. The zero-order valence-corrected chi connectivity index (χ0v) is 27.4. The molecule has 3 amide bonds. The second kappa shape index (κ2) is 20.8. The van der Waals surface area contributed by atoms with E-state index in [1.165, 1.54) is 20.8 Å². The molecule has 4 N–H and O–H groups in total. The van der Waals surface area contributed by atoms with Crippen molar-refractivity contribution < 1.29 is 57.6 Å². The van der Waals surface area contributed by atoms with Gasteiger partial charge in [0.1, 0.15) is 31.5 Å². The van der Waals surface area contributed by atoms with E-state index in [0.29, 0.717) is 19.4 Å². The number of amides is 3. The van der Waals surface area contributed by atoms with Crippen LogP contribution in [0, 0.1) is 5.92 Å². The van der Waals surface area contributed by atoms with Crippen molar-refractivity contribution in [3.63, 3.8) is 0 Å². The Balaban J connectivity index is 1.79. The smallest absolute Gasteiger partial charge is 0.408 e. The summed E-state index contributed by atoms with van der Waals surface area (Å²) in [5.74, 6) is -3.38. The molecule has 6 atom stereocenters. The number of hydrogen-bond donors (Lipinski definition) is 4. The van der Waals surface area contributed by atoms with Crippen LogP contribution in [0.2, 0.25) is 0 Å². The lowest BCUT2D eigenvalue weighted by molar-refractivity contribution is -0.262. The van der Waals surface area contributed by atoms with Gasteiger partial charge in [0.05, 0.1) is 6.04 Å². The quantitative estimate of drug-likeness (QED) is 0.0954. The summed E-state index contributed by atoms with van der Waals surface area (Å²) in [6.07, 6.45) is -0.955. The largest absolute Gasteiger partial charge is 0.481 e. The van der Waals surface area contributed by atoms with Crippen LogP contribution < -0.4 is 16.0 Å². The number of hydrogen-bond acceptors (Lipinski definition) is 11. The third-order valence-electron chi connectivity index (χ3n) is 7.30. The Morgan fingerprint density at radius 1 is 0.936 bits per heavy atom. The van der Waals surface area contributed by atoms with E-state index in [1.807, 2.05) is 6.07 Å². The van der Waals surface area contributed by atoms with Crippen LogP contribution in [0.4, 0.5) is 4.79 Å². The number of unbranched alkanes of at least 4 members (excludes halogenated alkanes) is 3. The van der Waals surface area contributed by atoms with Crippen LogP contribution in [0.1, 0.15) is 71.8 Å². The first-order valence-corrected chi connectivity index (χ1v) is 15.7. The number of esters is 2. The monoisotopic (exact) mass is 665 g/mol. The lowest BCUT2D eigenvalue weighted by atomic mass is 9.88. The summed E-state index contributed by atoms with van der Waals surface area (Å²) in [4.78, 5) is 71.1. The first kappa shape index (κ1) is 38.9. The molecule has 0 aromatic heterocycles. The van der Waals surface area contributed by atoms with E-state index in [4.69, 9.17) is 28.8 Å². The Labute approximate surface area is 274 Å². The molecule has 0 aliphatic carbocycles. The van der Waals surface area contributed by atoms with Crippen LogP contribution in [0.15, 0.2) is 30.3 Å². The molecule has 1 aromatic carbocycles. The Bertz CT molecular complexity index is 1180. The summed E-state index contributed by atoms with van der Waals surface area (Å²) in [6, 6.07) is 7.31. The fourth-order valence-electron chi connectivity index (χ4n) is 4.97. The Hall–Kier alpha value is -4.24. The fraction of sp³-hybridized carbons (Fsp3) is 0.625. The van der Waals surface area contributed by atoms with E-state index in [2.05, 4.69) is 16.0 Å². The highest BCUT2D eigenvalue weighted by Crippen LogP contribution is 2.30. The van der Waals surface area contributed by atoms with E-state index >= 15 is 0 Å². The molecule has 2 unspecified atom stereocenters. The number of carboxylic acid groups (broad SMARTS) is 1. The van der Waals surface area contributed by atoms with Crippen molar-refractivity contribution in [3.05, 3.63) is 35.9 Å². The molecule has 15 heteroatoms. The van der Waals surface area contributed by atoms with Crippen LogP contribution in [-0.2, 0) is 54.3 Å². The number of benzene rings is 1. The number of rotatable bonds is 19. The van der Waals surface area contributed by atoms with Gasteiger partial charge in [-0.2, -0.15) is 0 Å². The van der Waals surface area contributed by atoms with Crippen molar-refractivity contribution in [2.24, 2.45) is 5.92 Å². The van der Waals surface area contributed by atoms with Crippen LogP contribution in [0.25, 0.3) is 0 Å². The van der Waals surface area contributed by atoms with Gasteiger partial charge in [-0.25, -0.2) is 4.79 Å². The standard InChI is InChI=1S/C32H47N3O12/c1-20-28(34-21(2)36)31(47-26(19-44-22(3)37)29(20)46-23(4)38)43-17-11-6-5-10-16-33-30(41)25(14-15-27(39)40)35-32(42)45-18-24-12-8-7-9-13-24/h7-9,12-13,20,25-26,28-29,31H,5-6,10-11,14-19H2,1-4H3,(H,33,41)(H,34,36)(H,35,42)(H,39,40)/t20-,25+,26?,28?,29-,31-/m1/s1. The minimum atomic E-state index is -1.09. The van der Waals surface area contributed by atoms with Crippen molar-refractivity contribution in [3.8, 4) is 0 Å². The average molecular weight is 666 g/mol. The van der Waals surface area contributed by atoms with Crippen molar-refractivity contribution in [2.45, 2.75) is 103 Å². The van der Waals surface area contributed by atoms with Crippen molar-refractivity contribution in [1.29, 1.82) is 0 Å². The molecule has 262 valence electrons. The fourth-order valence-corrected chi connectivity index (χ4v) is 4.97. The maximum atomic E-state index is 12.7. The number of alkyl carbamates (subject to hydrolysis) is 1. The summed E-state index contributed by atoms with van der Waals surface area (Å²) in [5, 5.41) is 17.0. The summed E-state index contributed by atoms with van der Waals surface area (Å²) in [6.45, 7) is 6.11. The maximum Gasteiger partial charge on any atom is 0.408 e. The zero-order chi connectivity index (χ0) is 34.8. The molecule has 1 aliphatic rings. The van der Waals surface area contributed by atoms with Crippen molar-refractivity contribution in [1.82, 2.24) is 16.0 Å². The molecule has 1 aromatic rings. The van der Waals surface area contributed by atoms with Gasteiger partial charge in [0.25, 0.3) is 0 Å². The van der Waals surface area contributed by atoms with Gasteiger partial charge in [-0.3, -0.25) is 24.0 Å². The van der Waals surface area contributed by atoms with Crippen molar-refractivity contribution >= 4 is 35.8 Å². The van der Waals surface area contributed by atoms with E-state index in [-0.39, 0.29) is 38.6 Å². The normalized spacial score (nSPS) is 21.1. The van der Waals surface area contributed by atoms with Gasteiger partial charge in [-0.05, 0) is 24.8 Å². The predicted molar refractivity (Wildman–Crippen MR) is 165 cm³/mol. The second-order valence-electron chi connectivity index (χ2n) is 11.3. The molecule has 0 spiro atoms. The van der Waals surface area contributed by atoms with Crippen LogP contribution in [0.3, 0.4) is 0 Å². The highest BCUT2D eigenvalue weighted by Gasteiger charge is 2.47. The number of nitrogens with one attached hydrogen (secondary N) is 3. The van der Waals surface area contributed by atoms with Gasteiger partial charge in [-0.1, -0.05) is 50.1 Å². The molecule has 15 nitrogen and oxygen atoms in total. The van der Waals surface area contributed by atoms with Crippen molar-refractivity contribution in [2.75, 3.05) is 19.8 Å². The summed E-state index contributed by atoms with van der Waals surface area (Å²) >= 11 is 0. The zero-order valence-electron chi connectivity index (χ0n) is 27.4. The topological polar surface area (TPSA) is 205 Å². The first-order valence-electron chi connectivity index (χ1n) is 15.7. The summed E-state index contributed by atoms with van der Waals surface area (Å²) in [7, 11) is 0. The van der Waals surface area contributed by atoms with Gasteiger partial charge < -0.3 is 44.7 Å². The highest BCUT2D eigenvalue weighted by molar-refractivity contribution is 5.86. The third-order valence-corrected chi connectivity index (χ3v) is 7.30. The minimum Gasteiger partial charge on any atom is -0.481 e. The molecule has 1 heterocycles. The summed E-state index contributed by atoms with van der Waals surface area (Å²) < 4.78 is 27.7. The molecule has 0 bridgehead atoms. The Kier molecular flexibility index (Phi) is 17.2. The predicted octanol–water partition coefficient (Wildman–Crippen LogP) is 2.20. The first-order chi connectivity index (χ1) is 22.4. The van der Waals surface area contributed by atoms with E-state index in [0.717, 1.165) is 18.4 Å². The van der Waals surface area contributed by atoms with Gasteiger partial charge >= 0.3 is 24.0 Å². The molecule has 1 aliphatic heterocycles. The van der Waals surface area contributed by atoms with Gasteiger partial charge in [0.15, 0.2) is 6.29 Å². The van der Waals surface area contributed by atoms with Gasteiger partial charge in [0.2, 0.25) is 11.8 Å².